The highest BCUT2D eigenvalue weighted by Crippen LogP contribution is 2.28. The van der Waals surface area contributed by atoms with E-state index in [0.717, 1.165) is 16.8 Å². The molecule has 2 aromatic rings. The molecule has 4 nitrogen and oxygen atoms in total. The monoisotopic (exact) mass is 369 g/mol. The van der Waals surface area contributed by atoms with Gasteiger partial charge in [0.2, 0.25) is 0 Å². The van der Waals surface area contributed by atoms with Crippen molar-refractivity contribution in [3.8, 4) is 28.8 Å². The second kappa shape index (κ2) is 8.09. The lowest BCUT2D eigenvalue weighted by Crippen LogP contribution is -2.33. The van der Waals surface area contributed by atoms with Gasteiger partial charge in [0.15, 0.2) is 0 Å². The molecule has 1 saturated carbocycles. The third kappa shape index (κ3) is 4.76. The van der Waals surface area contributed by atoms with Crippen molar-refractivity contribution in [3.05, 3.63) is 47.1 Å². The van der Waals surface area contributed by atoms with Crippen LogP contribution in [-0.4, -0.2) is 37.5 Å². The molecule has 26 heavy (non-hydrogen) atoms. The van der Waals surface area contributed by atoms with Gasteiger partial charge < -0.3 is 14.2 Å². The molecule has 0 amide bonds. The van der Waals surface area contributed by atoms with Crippen LogP contribution in [0.25, 0.3) is 11.3 Å². The van der Waals surface area contributed by atoms with Crippen molar-refractivity contribution < 1.29 is 14.2 Å². The fraction of sp³-hybridized carbons (Fsp3) is 0.381. The summed E-state index contributed by atoms with van der Waals surface area (Å²) in [5.41, 5.74) is 2.77. The summed E-state index contributed by atoms with van der Waals surface area (Å²) in [6.45, 7) is 2.22. The quantitative estimate of drug-likeness (QED) is 0.604. The van der Waals surface area contributed by atoms with Crippen molar-refractivity contribution in [2.45, 2.75) is 18.9 Å². The van der Waals surface area contributed by atoms with Gasteiger partial charge in [-0.2, -0.15) is 0 Å². The molecular formula is C21H20ClNO3. The average molecular weight is 370 g/mol. The molecular weight excluding hydrogens is 350 g/mol. The van der Waals surface area contributed by atoms with Crippen LogP contribution in [0.3, 0.4) is 0 Å². The Balaban J connectivity index is 1.45. The summed E-state index contributed by atoms with van der Waals surface area (Å²) in [4.78, 5) is 4.41. The Morgan fingerprint density at radius 2 is 2.00 bits per heavy atom. The summed E-state index contributed by atoms with van der Waals surface area (Å²) in [7, 11) is 0. The van der Waals surface area contributed by atoms with Crippen molar-refractivity contribution in [2.24, 2.45) is 5.92 Å². The van der Waals surface area contributed by atoms with Gasteiger partial charge in [-0.1, -0.05) is 35.6 Å². The Bertz CT molecular complexity index is 815. The Labute approximate surface area is 158 Å². The minimum absolute atomic E-state index is 0.0523. The van der Waals surface area contributed by atoms with Crippen molar-refractivity contribution in [1.82, 2.24) is 4.98 Å². The highest BCUT2D eigenvalue weighted by atomic mass is 35.5. The van der Waals surface area contributed by atoms with Gasteiger partial charge >= 0.3 is 0 Å². The van der Waals surface area contributed by atoms with E-state index in [-0.39, 0.29) is 6.10 Å². The fourth-order valence-corrected chi connectivity index (χ4v) is 2.86. The van der Waals surface area contributed by atoms with E-state index < -0.39 is 0 Å². The molecule has 2 heterocycles. The first-order valence-electron chi connectivity index (χ1n) is 8.88. The van der Waals surface area contributed by atoms with E-state index in [0.29, 0.717) is 43.2 Å². The van der Waals surface area contributed by atoms with Gasteiger partial charge in [0, 0.05) is 29.2 Å². The maximum Gasteiger partial charge on any atom is 0.133 e. The number of aromatic nitrogens is 1. The number of hydrogen-bond acceptors (Lipinski definition) is 4. The van der Waals surface area contributed by atoms with Crippen molar-refractivity contribution in [2.75, 3.05) is 26.4 Å². The highest BCUT2D eigenvalue weighted by Gasteiger charge is 2.18. The Morgan fingerprint density at radius 3 is 2.73 bits per heavy atom. The van der Waals surface area contributed by atoms with E-state index in [2.05, 4.69) is 16.8 Å². The normalized spacial score (nSPS) is 19.5. The first-order valence-corrected chi connectivity index (χ1v) is 9.26. The summed E-state index contributed by atoms with van der Waals surface area (Å²) < 4.78 is 16.8. The lowest BCUT2D eigenvalue weighted by Gasteiger charge is -2.23. The molecule has 0 radical (unpaired) electrons. The molecule has 4 rings (SSSR count). The zero-order valence-electron chi connectivity index (χ0n) is 14.4. The third-order valence-corrected chi connectivity index (χ3v) is 4.46. The Hall–Kier alpha value is -2.06. The number of halogens is 1. The van der Waals surface area contributed by atoms with E-state index in [1.165, 1.54) is 12.8 Å². The number of hydrogen-bond donors (Lipinski definition) is 0. The van der Waals surface area contributed by atoms with Gasteiger partial charge in [-0.25, -0.2) is 4.98 Å². The van der Waals surface area contributed by atoms with Crippen LogP contribution in [0.5, 0.6) is 5.75 Å². The maximum atomic E-state index is 6.17. The molecule has 1 aromatic heterocycles. The number of pyridine rings is 1. The van der Waals surface area contributed by atoms with Crippen LogP contribution in [0.15, 0.2) is 36.4 Å². The minimum atomic E-state index is -0.0523. The molecule has 134 valence electrons. The van der Waals surface area contributed by atoms with Crippen molar-refractivity contribution in [3.63, 3.8) is 0 Å². The molecule has 0 bridgehead atoms. The predicted molar refractivity (Wildman–Crippen MR) is 100 cm³/mol. The van der Waals surface area contributed by atoms with Crippen molar-refractivity contribution >= 4 is 11.6 Å². The SMILES string of the molecule is Clc1cc(OCC2COCCO2)cc(-c2ccc(C#CC3CC3)cc2)n1. The molecule has 5 heteroatoms. The molecule has 1 aliphatic carbocycles. The molecule has 2 aliphatic rings. The zero-order chi connectivity index (χ0) is 17.8. The topological polar surface area (TPSA) is 40.6 Å². The number of ether oxygens (including phenoxy) is 3. The molecule has 1 aromatic carbocycles. The van der Waals surface area contributed by atoms with Crippen molar-refractivity contribution in [1.29, 1.82) is 0 Å². The summed E-state index contributed by atoms with van der Waals surface area (Å²) in [6.07, 6.45) is 2.42. The van der Waals surface area contributed by atoms with Crippen LogP contribution < -0.4 is 4.74 Å². The second-order valence-electron chi connectivity index (χ2n) is 6.51. The third-order valence-electron chi connectivity index (χ3n) is 4.27. The molecule has 1 unspecified atom stereocenters. The van der Waals surface area contributed by atoms with Crippen LogP contribution in [0.4, 0.5) is 0 Å². The smallest absolute Gasteiger partial charge is 0.133 e. The summed E-state index contributed by atoms with van der Waals surface area (Å²) >= 11 is 6.17. The summed E-state index contributed by atoms with van der Waals surface area (Å²) in [5.74, 6) is 7.76. The van der Waals surface area contributed by atoms with Gasteiger partial charge in [0.25, 0.3) is 0 Å². The van der Waals surface area contributed by atoms with Gasteiger partial charge in [-0.3, -0.25) is 0 Å². The van der Waals surface area contributed by atoms with Crippen LogP contribution in [0.2, 0.25) is 5.15 Å². The standard InChI is InChI=1S/C21H20ClNO3/c22-21-12-18(26-14-19-13-24-9-10-25-19)11-20(23-21)17-7-5-16(6-8-17)4-3-15-1-2-15/h5-8,11-12,15,19H,1-2,9-10,13-14H2. The lowest BCUT2D eigenvalue weighted by molar-refractivity contribution is -0.101. The van der Waals surface area contributed by atoms with E-state index in [1.807, 2.05) is 30.3 Å². The van der Waals surface area contributed by atoms with E-state index >= 15 is 0 Å². The van der Waals surface area contributed by atoms with Gasteiger partial charge in [-0.05, 0) is 25.0 Å². The molecule has 1 aliphatic heterocycles. The first kappa shape index (κ1) is 17.4. The summed E-state index contributed by atoms with van der Waals surface area (Å²) in [5, 5.41) is 0.399. The molecule has 0 N–H and O–H groups in total. The van der Waals surface area contributed by atoms with E-state index in [1.54, 1.807) is 6.07 Å². The number of benzene rings is 1. The average Bonchev–Trinajstić information content (AvgIpc) is 3.50. The van der Waals surface area contributed by atoms with Crippen LogP contribution >= 0.6 is 11.6 Å². The number of nitrogens with zero attached hydrogens (tertiary/aromatic N) is 1. The summed E-state index contributed by atoms with van der Waals surface area (Å²) in [6, 6.07) is 11.7. The van der Waals surface area contributed by atoms with Gasteiger partial charge in [0.1, 0.15) is 23.6 Å². The van der Waals surface area contributed by atoms with Crippen LogP contribution in [0.1, 0.15) is 18.4 Å². The van der Waals surface area contributed by atoms with E-state index in [4.69, 9.17) is 25.8 Å². The predicted octanol–water partition coefficient (Wildman–Crippen LogP) is 3.96. The van der Waals surface area contributed by atoms with E-state index in [9.17, 15) is 0 Å². The first-order chi connectivity index (χ1) is 12.8. The van der Waals surface area contributed by atoms with Gasteiger partial charge in [-0.15, -0.1) is 0 Å². The largest absolute Gasteiger partial charge is 0.491 e. The second-order valence-corrected chi connectivity index (χ2v) is 6.90. The highest BCUT2D eigenvalue weighted by molar-refractivity contribution is 6.29. The Kier molecular flexibility index (Phi) is 5.40. The number of rotatable bonds is 4. The zero-order valence-corrected chi connectivity index (χ0v) is 15.2. The fourth-order valence-electron chi connectivity index (χ4n) is 2.66. The maximum absolute atomic E-state index is 6.17. The van der Waals surface area contributed by atoms with Crippen LogP contribution in [0, 0.1) is 17.8 Å². The Morgan fingerprint density at radius 1 is 1.15 bits per heavy atom. The van der Waals surface area contributed by atoms with Gasteiger partial charge in [0.05, 0.1) is 25.5 Å². The minimum Gasteiger partial charge on any atom is -0.491 e. The molecule has 1 saturated heterocycles. The molecule has 1 atom stereocenters. The van der Waals surface area contributed by atoms with Crippen LogP contribution in [-0.2, 0) is 9.47 Å². The lowest BCUT2D eigenvalue weighted by atomic mass is 10.1. The molecule has 0 spiro atoms. The molecule has 2 fully saturated rings.